The first-order valence-corrected chi connectivity index (χ1v) is 7.60. The van der Waals surface area contributed by atoms with Crippen molar-refractivity contribution in [2.75, 3.05) is 10.5 Å². The second-order valence-electron chi connectivity index (χ2n) is 4.52. The molecule has 2 rings (SSSR count). The van der Waals surface area contributed by atoms with Crippen LogP contribution in [0.25, 0.3) is 0 Å². The SMILES string of the molecule is Cc1cc(NS(=O)(=O)C[C@H](C)c2ccccc2)no1. The first-order valence-electron chi connectivity index (χ1n) is 5.95. The number of nitrogens with one attached hydrogen (secondary N) is 1. The lowest BCUT2D eigenvalue weighted by Crippen LogP contribution is -2.20. The van der Waals surface area contributed by atoms with Crippen LogP contribution in [0.3, 0.4) is 0 Å². The minimum Gasteiger partial charge on any atom is -0.360 e. The lowest BCUT2D eigenvalue weighted by atomic mass is 10.0. The van der Waals surface area contributed by atoms with Crippen LogP contribution in [0.15, 0.2) is 40.9 Å². The summed E-state index contributed by atoms with van der Waals surface area (Å²) in [6, 6.07) is 11.1. The quantitative estimate of drug-likeness (QED) is 0.913. The molecule has 5 nitrogen and oxygen atoms in total. The highest BCUT2D eigenvalue weighted by Crippen LogP contribution is 2.18. The summed E-state index contributed by atoms with van der Waals surface area (Å²) in [6.07, 6.45) is 0. The van der Waals surface area contributed by atoms with Crippen molar-refractivity contribution in [1.29, 1.82) is 0 Å². The predicted octanol–water partition coefficient (Wildman–Crippen LogP) is 2.53. The summed E-state index contributed by atoms with van der Waals surface area (Å²) >= 11 is 0. The molecular formula is C13H16N2O3S. The molecule has 1 N–H and O–H groups in total. The largest absolute Gasteiger partial charge is 0.360 e. The van der Waals surface area contributed by atoms with Crippen LogP contribution in [0.5, 0.6) is 0 Å². The molecule has 0 saturated heterocycles. The Balaban J connectivity index is 2.05. The van der Waals surface area contributed by atoms with Gasteiger partial charge in [-0.2, -0.15) is 0 Å². The first-order chi connectivity index (χ1) is 8.96. The summed E-state index contributed by atoms with van der Waals surface area (Å²) in [6.45, 7) is 3.58. The first kappa shape index (κ1) is 13.6. The van der Waals surface area contributed by atoms with Gasteiger partial charge in [-0.25, -0.2) is 8.42 Å². The number of rotatable bonds is 5. The van der Waals surface area contributed by atoms with Gasteiger partial charge in [-0.05, 0) is 18.4 Å². The van der Waals surface area contributed by atoms with Crippen LogP contribution in [-0.2, 0) is 10.0 Å². The standard InChI is InChI=1S/C13H16N2O3S/c1-10(12-6-4-3-5-7-12)9-19(16,17)15-13-8-11(2)18-14-13/h3-8,10H,9H2,1-2H3,(H,14,15)/t10-/m0/s1. The van der Waals surface area contributed by atoms with Gasteiger partial charge in [-0.1, -0.05) is 42.4 Å². The number of aromatic nitrogens is 1. The number of aryl methyl sites for hydroxylation is 1. The van der Waals surface area contributed by atoms with Crippen molar-refractivity contribution in [3.05, 3.63) is 47.7 Å². The van der Waals surface area contributed by atoms with E-state index in [9.17, 15) is 8.42 Å². The number of sulfonamides is 1. The van der Waals surface area contributed by atoms with Gasteiger partial charge in [0.2, 0.25) is 10.0 Å². The Morgan fingerprint density at radius 1 is 1.32 bits per heavy atom. The zero-order valence-electron chi connectivity index (χ0n) is 10.8. The van der Waals surface area contributed by atoms with E-state index < -0.39 is 10.0 Å². The smallest absolute Gasteiger partial charge is 0.234 e. The second-order valence-corrected chi connectivity index (χ2v) is 6.28. The summed E-state index contributed by atoms with van der Waals surface area (Å²) in [5, 5.41) is 3.62. The molecule has 6 heteroatoms. The van der Waals surface area contributed by atoms with Crippen molar-refractivity contribution in [3.63, 3.8) is 0 Å². The molecule has 0 amide bonds. The van der Waals surface area contributed by atoms with Gasteiger partial charge < -0.3 is 4.52 Å². The average Bonchev–Trinajstić information content (AvgIpc) is 2.74. The zero-order valence-corrected chi connectivity index (χ0v) is 11.6. The summed E-state index contributed by atoms with van der Waals surface area (Å²) in [4.78, 5) is 0. The summed E-state index contributed by atoms with van der Waals surface area (Å²) < 4.78 is 31.2. The molecular weight excluding hydrogens is 264 g/mol. The predicted molar refractivity (Wildman–Crippen MR) is 73.5 cm³/mol. The monoisotopic (exact) mass is 280 g/mol. The van der Waals surface area contributed by atoms with E-state index in [-0.39, 0.29) is 17.5 Å². The molecule has 0 spiro atoms. The molecule has 0 radical (unpaired) electrons. The van der Waals surface area contributed by atoms with E-state index in [1.165, 1.54) is 0 Å². The Labute approximate surface area is 112 Å². The number of hydrogen-bond acceptors (Lipinski definition) is 4. The summed E-state index contributed by atoms with van der Waals surface area (Å²) in [5.74, 6) is 0.696. The normalized spacial score (nSPS) is 13.2. The fourth-order valence-electron chi connectivity index (χ4n) is 1.82. The van der Waals surface area contributed by atoms with Gasteiger partial charge in [0, 0.05) is 6.07 Å². The number of nitrogens with zero attached hydrogens (tertiary/aromatic N) is 1. The third-order valence-electron chi connectivity index (χ3n) is 2.73. The van der Waals surface area contributed by atoms with Gasteiger partial charge in [0.1, 0.15) is 5.76 Å². The van der Waals surface area contributed by atoms with Crippen molar-refractivity contribution in [2.45, 2.75) is 19.8 Å². The van der Waals surface area contributed by atoms with Crippen LogP contribution >= 0.6 is 0 Å². The van der Waals surface area contributed by atoms with Crippen LogP contribution in [-0.4, -0.2) is 19.3 Å². The Hall–Kier alpha value is -1.82. The third-order valence-corrected chi connectivity index (χ3v) is 4.19. The van der Waals surface area contributed by atoms with Crippen molar-refractivity contribution >= 4 is 15.8 Å². The van der Waals surface area contributed by atoms with Gasteiger partial charge in [-0.3, -0.25) is 4.72 Å². The molecule has 2 aromatic rings. The molecule has 1 aromatic heterocycles. The molecule has 19 heavy (non-hydrogen) atoms. The Morgan fingerprint density at radius 3 is 2.58 bits per heavy atom. The van der Waals surface area contributed by atoms with E-state index in [1.54, 1.807) is 13.0 Å². The molecule has 0 aliphatic heterocycles. The van der Waals surface area contributed by atoms with E-state index in [0.29, 0.717) is 5.76 Å². The van der Waals surface area contributed by atoms with Crippen LogP contribution in [0.1, 0.15) is 24.2 Å². The maximum atomic E-state index is 12.0. The number of benzene rings is 1. The molecule has 0 aliphatic rings. The highest BCUT2D eigenvalue weighted by molar-refractivity contribution is 7.92. The third kappa shape index (κ3) is 3.82. The molecule has 0 unspecified atom stereocenters. The van der Waals surface area contributed by atoms with E-state index >= 15 is 0 Å². The second kappa shape index (κ2) is 5.44. The van der Waals surface area contributed by atoms with Crippen LogP contribution in [0.4, 0.5) is 5.82 Å². The van der Waals surface area contributed by atoms with Crippen LogP contribution in [0.2, 0.25) is 0 Å². The minimum atomic E-state index is -3.44. The molecule has 0 fully saturated rings. The topological polar surface area (TPSA) is 72.2 Å². The molecule has 102 valence electrons. The molecule has 1 aromatic carbocycles. The summed E-state index contributed by atoms with van der Waals surface area (Å²) in [7, 11) is -3.44. The summed E-state index contributed by atoms with van der Waals surface area (Å²) in [5.41, 5.74) is 0.990. The lowest BCUT2D eigenvalue weighted by Gasteiger charge is -2.12. The lowest BCUT2D eigenvalue weighted by molar-refractivity contribution is 0.400. The van der Waals surface area contributed by atoms with Crippen molar-refractivity contribution in [1.82, 2.24) is 5.16 Å². The Bertz CT molecular complexity index is 635. The number of anilines is 1. The highest BCUT2D eigenvalue weighted by atomic mass is 32.2. The van der Waals surface area contributed by atoms with Gasteiger partial charge in [0.25, 0.3) is 0 Å². The highest BCUT2D eigenvalue weighted by Gasteiger charge is 2.18. The van der Waals surface area contributed by atoms with Gasteiger partial charge >= 0.3 is 0 Å². The van der Waals surface area contributed by atoms with Crippen molar-refractivity contribution < 1.29 is 12.9 Å². The molecule has 0 aliphatic carbocycles. The molecule has 1 atom stereocenters. The number of hydrogen-bond donors (Lipinski definition) is 1. The van der Waals surface area contributed by atoms with E-state index in [0.717, 1.165) is 5.56 Å². The van der Waals surface area contributed by atoms with Gasteiger partial charge in [-0.15, -0.1) is 0 Å². The van der Waals surface area contributed by atoms with Gasteiger partial charge in [0.15, 0.2) is 5.82 Å². The maximum Gasteiger partial charge on any atom is 0.234 e. The molecule has 0 bridgehead atoms. The van der Waals surface area contributed by atoms with Gasteiger partial charge in [0.05, 0.1) is 5.75 Å². The van der Waals surface area contributed by atoms with Crippen LogP contribution < -0.4 is 4.72 Å². The van der Waals surface area contributed by atoms with Crippen molar-refractivity contribution in [3.8, 4) is 0 Å². The van der Waals surface area contributed by atoms with E-state index in [1.807, 2.05) is 37.3 Å². The maximum absolute atomic E-state index is 12.0. The average molecular weight is 280 g/mol. The van der Waals surface area contributed by atoms with Crippen LogP contribution in [0, 0.1) is 6.92 Å². The fraction of sp³-hybridized carbons (Fsp3) is 0.308. The van der Waals surface area contributed by atoms with E-state index in [2.05, 4.69) is 9.88 Å². The fourth-order valence-corrected chi connectivity index (χ4v) is 3.17. The molecule has 1 heterocycles. The Kier molecular flexibility index (Phi) is 3.90. The molecule has 0 saturated carbocycles. The Morgan fingerprint density at radius 2 is 2.00 bits per heavy atom. The zero-order chi connectivity index (χ0) is 13.9. The van der Waals surface area contributed by atoms with Crippen molar-refractivity contribution in [2.24, 2.45) is 0 Å². The minimum absolute atomic E-state index is 0.00290. The van der Waals surface area contributed by atoms with E-state index in [4.69, 9.17) is 4.52 Å².